The van der Waals surface area contributed by atoms with Crippen LogP contribution in [0.1, 0.15) is 51.4 Å². The Morgan fingerprint density at radius 3 is 2.50 bits per heavy atom. The molecule has 0 aromatic heterocycles. The van der Waals surface area contributed by atoms with Crippen molar-refractivity contribution >= 4 is 0 Å². The van der Waals surface area contributed by atoms with Gasteiger partial charge in [0, 0.05) is 0 Å². The third-order valence-corrected chi connectivity index (χ3v) is 3.95. The lowest BCUT2D eigenvalue weighted by Crippen LogP contribution is -2.01. The van der Waals surface area contributed by atoms with E-state index in [1.54, 1.807) is 31.3 Å². The first-order valence-corrected chi connectivity index (χ1v) is 5.57. The average Bonchev–Trinajstić information content (AvgIpc) is 2.91. The minimum atomic E-state index is 0.881. The maximum atomic E-state index is 2.52. The normalized spacial score (nSPS) is 30.2. The predicted octanol–water partition coefficient (Wildman–Crippen LogP) is 3.68. The molecule has 0 aliphatic heterocycles. The molecule has 0 aromatic carbocycles. The maximum Gasteiger partial charge on any atom is -0.0266 e. The quantitative estimate of drug-likeness (QED) is 0.553. The van der Waals surface area contributed by atoms with E-state index in [0.717, 1.165) is 11.3 Å². The Morgan fingerprint density at radius 2 is 2.00 bits per heavy atom. The summed E-state index contributed by atoms with van der Waals surface area (Å²) in [5, 5.41) is 0. The molecule has 0 aromatic rings. The lowest BCUT2D eigenvalue weighted by Gasteiger charge is -2.11. The van der Waals surface area contributed by atoms with Crippen molar-refractivity contribution in [2.24, 2.45) is 11.3 Å². The van der Waals surface area contributed by atoms with Gasteiger partial charge in [0.2, 0.25) is 0 Å². The van der Waals surface area contributed by atoms with E-state index in [4.69, 9.17) is 0 Å². The van der Waals surface area contributed by atoms with Crippen LogP contribution in [0.5, 0.6) is 0 Å². The summed E-state index contributed by atoms with van der Waals surface area (Å²) in [6.07, 6.45) is 14.5. The van der Waals surface area contributed by atoms with E-state index in [1.807, 2.05) is 0 Å². The van der Waals surface area contributed by atoms with E-state index in [-0.39, 0.29) is 0 Å². The van der Waals surface area contributed by atoms with Crippen LogP contribution in [-0.4, -0.2) is 0 Å². The highest BCUT2D eigenvalue weighted by molar-refractivity contribution is 5.16. The van der Waals surface area contributed by atoms with Crippen molar-refractivity contribution in [2.45, 2.75) is 51.4 Å². The fraction of sp³-hybridized carbons (Fsp3) is 0.833. The van der Waals surface area contributed by atoms with Gasteiger partial charge in [-0.05, 0) is 62.7 Å². The van der Waals surface area contributed by atoms with Gasteiger partial charge in [-0.2, -0.15) is 0 Å². The van der Waals surface area contributed by atoms with Crippen LogP contribution in [0.25, 0.3) is 0 Å². The summed E-state index contributed by atoms with van der Waals surface area (Å²) < 4.78 is 0. The monoisotopic (exact) mass is 162 g/mol. The largest absolute Gasteiger partial charge is 0.0853 e. The first kappa shape index (κ1) is 7.17. The Labute approximate surface area is 75.0 Å². The zero-order chi connectivity index (χ0) is 8.02. The zero-order valence-electron chi connectivity index (χ0n) is 7.81. The number of hydrogen-bond acceptors (Lipinski definition) is 0. The second kappa shape index (κ2) is 2.37. The Balaban J connectivity index is 1.50. The molecule has 0 nitrogen and oxygen atoms in total. The molecule has 3 aliphatic rings. The molecule has 3 fully saturated rings. The molecule has 0 unspecified atom stereocenters. The van der Waals surface area contributed by atoms with Gasteiger partial charge in [-0.3, -0.25) is 0 Å². The van der Waals surface area contributed by atoms with E-state index in [2.05, 4.69) is 6.08 Å². The van der Waals surface area contributed by atoms with E-state index in [9.17, 15) is 0 Å². The highest BCUT2D eigenvalue weighted by Crippen LogP contribution is 2.63. The summed E-state index contributed by atoms with van der Waals surface area (Å²) >= 11 is 0. The third kappa shape index (κ3) is 1.32. The van der Waals surface area contributed by atoms with Crippen LogP contribution in [0, 0.1) is 11.3 Å². The van der Waals surface area contributed by atoms with Gasteiger partial charge in [-0.1, -0.05) is 11.6 Å². The summed E-state index contributed by atoms with van der Waals surface area (Å²) in [6.45, 7) is 0. The Bertz CT molecular complexity index is 210. The van der Waals surface area contributed by atoms with Crippen molar-refractivity contribution in [3.05, 3.63) is 11.6 Å². The first-order chi connectivity index (χ1) is 5.89. The molecule has 0 heteroatoms. The summed E-state index contributed by atoms with van der Waals surface area (Å²) in [4.78, 5) is 0. The molecule has 0 atom stereocenters. The molecular weight excluding hydrogens is 144 g/mol. The van der Waals surface area contributed by atoms with E-state index >= 15 is 0 Å². The van der Waals surface area contributed by atoms with Crippen molar-refractivity contribution in [2.75, 3.05) is 0 Å². The minimum absolute atomic E-state index is 0.881. The average molecular weight is 162 g/mol. The van der Waals surface area contributed by atoms with Crippen molar-refractivity contribution < 1.29 is 0 Å². The molecule has 0 amide bonds. The van der Waals surface area contributed by atoms with Crippen LogP contribution in [0.3, 0.4) is 0 Å². The van der Waals surface area contributed by atoms with Crippen LogP contribution in [0.4, 0.5) is 0 Å². The van der Waals surface area contributed by atoms with Crippen molar-refractivity contribution in [1.82, 2.24) is 0 Å². The molecule has 0 bridgehead atoms. The van der Waals surface area contributed by atoms with E-state index in [1.165, 1.54) is 25.7 Å². The van der Waals surface area contributed by atoms with Crippen molar-refractivity contribution in [1.29, 1.82) is 0 Å². The van der Waals surface area contributed by atoms with Crippen molar-refractivity contribution in [3.63, 3.8) is 0 Å². The van der Waals surface area contributed by atoms with Gasteiger partial charge in [0.25, 0.3) is 0 Å². The molecule has 0 heterocycles. The summed E-state index contributed by atoms with van der Waals surface area (Å²) in [5.41, 5.74) is 2.62. The molecule has 0 saturated heterocycles. The third-order valence-electron chi connectivity index (χ3n) is 3.95. The Hall–Kier alpha value is -0.260. The second-order valence-electron chi connectivity index (χ2n) is 5.04. The van der Waals surface area contributed by atoms with Crippen molar-refractivity contribution in [3.8, 4) is 0 Å². The summed E-state index contributed by atoms with van der Waals surface area (Å²) in [6, 6.07) is 0. The van der Waals surface area contributed by atoms with Gasteiger partial charge >= 0.3 is 0 Å². The molecule has 3 rings (SSSR count). The summed E-state index contributed by atoms with van der Waals surface area (Å²) in [5.74, 6) is 1.16. The summed E-state index contributed by atoms with van der Waals surface area (Å²) in [7, 11) is 0. The minimum Gasteiger partial charge on any atom is -0.0853 e. The van der Waals surface area contributed by atoms with Gasteiger partial charge in [0.1, 0.15) is 0 Å². The van der Waals surface area contributed by atoms with Crippen LogP contribution < -0.4 is 0 Å². The maximum absolute atomic E-state index is 2.52. The van der Waals surface area contributed by atoms with Crippen LogP contribution in [0.2, 0.25) is 0 Å². The van der Waals surface area contributed by atoms with Gasteiger partial charge in [0.15, 0.2) is 0 Å². The highest BCUT2D eigenvalue weighted by Gasteiger charge is 2.52. The molecule has 0 N–H and O–H groups in total. The molecule has 12 heavy (non-hydrogen) atoms. The molecule has 3 saturated carbocycles. The smallest absolute Gasteiger partial charge is 0.0266 e. The molecule has 66 valence electrons. The van der Waals surface area contributed by atoms with Gasteiger partial charge in [0.05, 0.1) is 0 Å². The fourth-order valence-corrected chi connectivity index (χ4v) is 2.56. The fourth-order valence-electron chi connectivity index (χ4n) is 2.56. The number of allylic oxidation sites excluding steroid dienone is 2. The van der Waals surface area contributed by atoms with E-state index in [0.29, 0.717) is 0 Å². The zero-order valence-corrected chi connectivity index (χ0v) is 7.81. The Morgan fingerprint density at radius 1 is 1.25 bits per heavy atom. The van der Waals surface area contributed by atoms with Gasteiger partial charge in [-0.25, -0.2) is 0 Å². The SMILES string of the molecule is C(CCC1(C2CC2)CC1)=C1CC1. The van der Waals surface area contributed by atoms with Crippen LogP contribution in [0.15, 0.2) is 11.6 Å². The lowest BCUT2D eigenvalue weighted by atomic mass is 9.94. The molecule has 3 aliphatic carbocycles. The van der Waals surface area contributed by atoms with Crippen LogP contribution >= 0.6 is 0 Å². The predicted molar refractivity (Wildman–Crippen MR) is 50.9 cm³/mol. The topological polar surface area (TPSA) is 0 Å². The highest BCUT2D eigenvalue weighted by atomic mass is 14.6. The van der Waals surface area contributed by atoms with Crippen LogP contribution in [-0.2, 0) is 0 Å². The lowest BCUT2D eigenvalue weighted by molar-refractivity contribution is 0.408. The van der Waals surface area contributed by atoms with Gasteiger partial charge in [-0.15, -0.1) is 0 Å². The van der Waals surface area contributed by atoms with Gasteiger partial charge < -0.3 is 0 Å². The molecular formula is C12H18. The molecule has 0 spiro atoms. The van der Waals surface area contributed by atoms with E-state index < -0.39 is 0 Å². The Kier molecular flexibility index (Phi) is 1.42. The first-order valence-electron chi connectivity index (χ1n) is 5.57. The number of rotatable bonds is 4. The standard InChI is InChI=1S/C12H18/c1(2-10-3-4-10)7-12(8-9-12)11-5-6-11/h2,11H,1,3-9H2. The second-order valence-corrected chi connectivity index (χ2v) is 5.04. The molecule has 0 radical (unpaired) electrons. The number of hydrogen-bond donors (Lipinski definition) is 0.